The van der Waals surface area contributed by atoms with Gasteiger partial charge in [0, 0.05) is 27.9 Å². The molecule has 0 aliphatic rings. The van der Waals surface area contributed by atoms with Crippen LogP contribution in [0.25, 0.3) is 77.9 Å². The van der Waals surface area contributed by atoms with Gasteiger partial charge in [-0.05, 0) is 98.6 Å². The smallest absolute Gasteiger partial charge is 0.135 e. The highest BCUT2D eigenvalue weighted by molar-refractivity contribution is 5.90. The molecule has 10 rings (SSSR count). The van der Waals surface area contributed by atoms with Crippen molar-refractivity contribution in [1.29, 1.82) is 0 Å². The summed E-state index contributed by atoms with van der Waals surface area (Å²) < 4.78 is 6.17. The maximum absolute atomic E-state index is 6.17. The van der Waals surface area contributed by atoms with Crippen LogP contribution in [0.5, 0.6) is 0 Å². The van der Waals surface area contributed by atoms with Crippen LogP contribution in [0, 0.1) is 0 Å². The Morgan fingerprint density at radius 3 is 1.33 bits per heavy atom. The molecule has 58 heavy (non-hydrogen) atoms. The molecule has 9 aromatic carbocycles. The van der Waals surface area contributed by atoms with Gasteiger partial charge in [-0.25, -0.2) is 0 Å². The van der Waals surface area contributed by atoms with E-state index in [0.29, 0.717) is 0 Å². The van der Waals surface area contributed by atoms with Crippen molar-refractivity contribution < 1.29 is 4.42 Å². The van der Waals surface area contributed by atoms with Gasteiger partial charge in [-0.2, -0.15) is 0 Å². The summed E-state index contributed by atoms with van der Waals surface area (Å²) in [5.41, 5.74) is 17.1. The first kappa shape index (κ1) is 34.8. The van der Waals surface area contributed by atoms with Crippen LogP contribution >= 0.6 is 0 Å². The molecule has 0 atom stereocenters. The average Bonchev–Trinajstić information content (AvgIpc) is 3.75. The molecule has 1 heterocycles. The van der Waals surface area contributed by atoms with Crippen molar-refractivity contribution in [1.82, 2.24) is 0 Å². The lowest BCUT2D eigenvalue weighted by molar-refractivity contribution is 0.631. The largest absolute Gasteiger partial charge is 0.456 e. The fraction of sp³-hybridized carbons (Fsp3) is 0. The van der Waals surface area contributed by atoms with Crippen molar-refractivity contribution in [2.24, 2.45) is 0 Å². The molecule has 0 amide bonds. The summed E-state index contributed by atoms with van der Waals surface area (Å²) in [6.45, 7) is 0. The molecule has 0 fully saturated rings. The standard InChI is InChI=1S/C56H39NO/c1-3-14-43(15-4-1)51-21-8-9-22-52(51)45-32-36-50(37-33-45)57(54-24-11-10-23-53(54)44-16-5-2-6-17-44)49-34-30-41(31-35-49)40-26-28-42(29-27-40)46-19-13-20-47(38-46)56-39-48-18-7-12-25-55(48)58-56/h1-39H. The first-order valence-corrected chi connectivity index (χ1v) is 19.7. The lowest BCUT2D eigenvalue weighted by Crippen LogP contribution is -2.11. The molecule has 10 aromatic rings. The molecule has 0 spiro atoms. The van der Waals surface area contributed by atoms with Crippen LogP contribution < -0.4 is 4.90 Å². The average molecular weight is 742 g/mol. The second-order valence-corrected chi connectivity index (χ2v) is 14.5. The van der Waals surface area contributed by atoms with E-state index in [0.717, 1.165) is 56.0 Å². The molecule has 0 saturated carbocycles. The predicted octanol–water partition coefficient (Wildman–Crippen LogP) is 15.9. The fourth-order valence-electron chi connectivity index (χ4n) is 7.99. The van der Waals surface area contributed by atoms with Crippen molar-refractivity contribution in [2.45, 2.75) is 0 Å². The van der Waals surface area contributed by atoms with E-state index in [-0.39, 0.29) is 0 Å². The minimum absolute atomic E-state index is 0.879. The maximum atomic E-state index is 6.17. The molecule has 0 N–H and O–H groups in total. The highest BCUT2D eigenvalue weighted by Gasteiger charge is 2.18. The number of fused-ring (bicyclic) bond motifs is 1. The lowest BCUT2D eigenvalue weighted by atomic mass is 9.94. The molecule has 2 nitrogen and oxygen atoms in total. The van der Waals surface area contributed by atoms with Crippen molar-refractivity contribution in [3.8, 4) is 67.0 Å². The Kier molecular flexibility index (Phi) is 9.27. The quantitative estimate of drug-likeness (QED) is 0.146. The van der Waals surface area contributed by atoms with Crippen LogP contribution in [0.3, 0.4) is 0 Å². The molecular formula is C56H39NO. The van der Waals surface area contributed by atoms with Crippen LogP contribution in [0.4, 0.5) is 17.1 Å². The third-order valence-corrected chi connectivity index (χ3v) is 10.9. The Bertz CT molecular complexity index is 2930. The van der Waals surface area contributed by atoms with Crippen molar-refractivity contribution >= 4 is 28.0 Å². The second kappa shape index (κ2) is 15.5. The Hall–Kier alpha value is -7.68. The molecule has 274 valence electrons. The predicted molar refractivity (Wildman–Crippen MR) is 244 cm³/mol. The molecule has 2 heteroatoms. The number of nitrogens with zero attached hydrogens (tertiary/aromatic N) is 1. The summed E-state index contributed by atoms with van der Waals surface area (Å²) in [5.74, 6) is 0.879. The zero-order chi connectivity index (χ0) is 38.7. The number of rotatable bonds is 9. The number of para-hydroxylation sites is 2. The van der Waals surface area contributed by atoms with Gasteiger partial charge >= 0.3 is 0 Å². The number of furan rings is 1. The summed E-state index contributed by atoms with van der Waals surface area (Å²) in [6.07, 6.45) is 0. The van der Waals surface area contributed by atoms with E-state index in [9.17, 15) is 0 Å². The van der Waals surface area contributed by atoms with Gasteiger partial charge in [0.05, 0.1) is 5.69 Å². The Balaban J connectivity index is 0.977. The van der Waals surface area contributed by atoms with Crippen LogP contribution in [-0.2, 0) is 0 Å². The zero-order valence-electron chi connectivity index (χ0n) is 31.9. The van der Waals surface area contributed by atoms with Crippen LogP contribution in [-0.4, -0.2) is 0 Å². The second-order valence-electron chi connectivity index (χ2n) is 14.5. The van der Waals surface area contributed by atoms with Gasteiger partial charge in [-0.3, -0.25) is 0 Å². The van der Waals surface area contributed by atoms with Gasteiger partial charge in [0.1, 0.15) is 11.3 Å². The number of hydrogen-bond acceptors (Lipinski definition) is 2. The SMILES string of the molecule is c1ccc(-c2ccccc2-c2ccc(N(c3ccc(-c4ccc(-c5cccc(-c6cc7ccccc7o6)c5)cc4)cc3)c3ccccc3-c3ccccc3)cc2)cc1. The summed E-state index contributed by atoms with van der Waals surface area (Å²) >= 11 is 0. The van der Waals surface area contributed by atoms with E-state index in [1.165, 1.54) is 38.9 Å². The highest BCUT2D eigenvalue weighted by atomic mass is 16.3. The van der Waals surface area contributed by atoms with Crippen molar-refractivity contribution in [2.75, 3.05) is 4.90 Å². The van der Waals surface area contributed by atoms with Gasteiger partial charge < -0.3 is 9.32 Å². The Morgan fingerprint density at radius 1 is 0.276 bits per heavy atom. The number of benzene rings is 9. The van der Waals surface area contributed by atoms with E-state index < -0.39 is 0 Å². The van der Waals surface area contributed by atoms with Crippen molar-refractivity contribution in [3.05, 3.63) is 237 Å². The first-order valence-electron chi connectivity index (χ1n) is 19.7. The van der Waals surface area contributed by atoms with Gasteiger partial charge in [0.25, 0.3) is 0 Å². The first-order chi connectivity index (χ1) is 28.7. The molecule has 0 radical (unpaired) electrons. The monoisotopic (exact) mass is 741 g/mol. The highest BCUT2D eigenvalue weighted by Crippen LogP contribution is 2.42. The summed E-state index contributed by atoms with van der Waals surface area (Å²) in [7, 11) is 0. The lowest BCUT2D eigenvalue weighted by Gasteiger charge is -2.28. The van der Waals surface area contributed by atoms with E-state index in [2.05, 4.69) is 223 Å². The molecule has 0 aliphatic heterocycles. The van der Waals surface area contributed by atoms with E-state index in [4.69, 9.17) is 4.42 Å². The minimum atomic E-state index is 0.879. The summed E-state index contributed by atoms with van der Waals surface area (Å²) in [4.78, 5) is 2.37. The summed E-state index contributed by atoms with van der Waals surface area (Å²) in [5, 5.41) is 1.11. The minimum Gasteiger partial charge on any atom is -0.456 e. The Morgan fingerprint density at radius 2 is 0.707 bits per heavy atom. The molecule has 1 aromatic heterocycles. The van der Waals surface area contributed by atoms with E-state index in [1.54, 1.807) is 0 Å². The fourth-order valence-corrected chi connectivity index (χ4v) is 7.99. The molecular weight excluding hydrogens is 703 g/mol. The van der Waals surface area contributed by atoms with Gasteiger partial charge in [0.15, 0.2) is 0 Å². The molecule has 0 saturated heterocycles. The molecule has 0 unspecified atom stereocenters. The van der Waals surface area contributed by atoms with Gasteiger partial charge in [-0.1, -0.05) is 188 Å². The van der Waals surface area contributed by atoms with Gasteiger partial charge in [0.2, 0.25) is 0 Å². The van der Waals surface area contributed by atoms with Crippen LogP contribution in [0.2, 0.25) is 0 Å². The van der Waals surface area contributed by atoms with Gasteiger partial charge in [-0.15, -0.1) is 0 Å². The van der Waals surface area contributed by atoms with Crippen LogP contribution in [0.15, 0.2) is 241 Å². The van der Waals surface area contributed by atoms with E-state index >= 15 is 0 Å². The normalized spacial score (nSPS) is 11.1. The third-order valence-electron chi connectivity index (χ3n) is 10.9. The zero-order valence-corrected chi connectivity index (χ0v) is 31.9. The van der Waals surface area contributed by atoms with Crippen molar-refractivity contribution in [3.63, 3.8) is 0 Å². The maximum Gasteiger partial charge on any atom is 0.135 e. The Labute approximate surface area is 339 Å². The summed E-state index contributed by atoms with van der Waals surface area (Å²) in [6, 6.07) is 84.2. The molecule has 0 bridgehead atoms. The third kappa shape index (κ3) is 6.89. The van der Waals surface area contributed by atoms with Crippen LogP contribution in [0.1, 0.15) is 0 Å². The van der Waals surface area contributed by atoms with E-state index in [1.807, 2.05) is 18.2 Å². The molecule has 0 aliphatic carbocycles. The topological polar surface area (TPSA) is 16.4 Å². The number of hydrogen-bond donors (Lipinski definition) is 0. The number of anilines is 3.